The van der Waals surface area contributed by atoms with Gasteiger partial charge in [-0.2, -0.15) is 0 Å². The largest absolute Gasteiger partial charge is 0.497 e. The van der Waals surface area contributed by atoms with E-state index in [2.05, 4.69) is 17.6 Å². The van der Waals surface area contributed by atoms with Crippen molar-refractivity contribution in [1.82, 2.24) is 5.43 Å². The van der Waals surface area contributed by atoms with Crippen molar-refractivity contribution >= 4 is 0 Å². The van der Waals surface area contributed by atoms with Crippen LogP contribution < -0.4 is 20.7 Å². The van der Waals surface area contributed by atoms with Gasteiger partial charge in [-0.1, -0.05) is 30.3 Å². The Morgan fingerprint density at radius 1 is 1.29 bits per heavy atom. The molecule has 0 saturated heterocycles. The number of nitrogens with one attached hydrogen (secondary N) is 1. The molecule has 3 rings (SSSR count). The number of hydrogen-bond acceptors (Lipinski definition) is 4. The zero-order chi connectivity index (χ0) is 14.7. The van der Waals surface area contributed by atoms with Crippen LogP contribution in [-0.4, -0.2) is 19.8 Å². The molecule has 4 nitrogen and oxygen atoms in total. The minimum Gasteiger partial charge on any atom is -0.497 e. The van der Waals surface area contributed by atoms with E-state index < -0.39 is 0 Å². The Bertz CT molecular complexity index is 615. The van der Waals surface area contributed by atoms with Gasteiger partial charge < -0.3 is 9.47 Å². The Kier molecular flexibility index (Phi) is 4.08. The van der Waals surface area contributed by atoms with Gasteiger partial charge in [-0.15, -0.1) is 0 Å². The van der Waals surface area contributed by atoms with Crippen molar-refractivity contribution in [2.75, 3.05) is 13.7 Å². The summed E-state index contributed by atoms with van der Waals surface area (Å²) in [6, 6.07) is 16.4. The first-order valence-electron chi connectivity index (χ1n) is 7.12. The van der Waals surface area contributed by atoms with Gasteiger partial charge in [-0.3, -0.25) is 11.3 Å². The average Bonchev–Trinajstić information content (AvgIpc) is 2.97. The molecule has 0 saturated carbocycles. The number of benzene rings is 2. The fourth-order valence-electron chi connectivity index (χ4n) is 2.89. The molecule has 0 spiro atoms. The van der Waals surface area contributed by atoms with Crippen LogP contribution in [0.25, 0.3) is 0 Å². The first-order chi connectivity index (χ1) is 10.3. The molecule has 0 fully saturated rings. The summed E-state index contributed by atoms with van der Waals surface area (Å²) in [5.74, 6) is 7.89. The second-order valence-electron chi connectivity index (χ2n) is 5.28. The topological polar surface area (TPSA) is 56.5 Å². The summed E-state index contributed by atoms with van der Waals surface area (Å²) >= 11 is 0. The van der Waals surface area contributed by atoms with E-state index in [0.29, 0.717) is 6.61 Å². The Morgan fingerprint density at radius 3 is 2.95 bits per heavy atom. The fraction of sp³-hybridized carbons (Fsp3) is 0.294. The van der Waals surface area contributed by atoms with Crippen molar-refractivity contribution in [3.8, 4) is 11.5 Å². The maximum atomic E-state index is 5.79. The number of hydrogen-bond donors (Lipinski definition) is 2. The van der Waals surface area contributed by atoms with Gasteiger partial charge >= 0.3 is 0 Å². The molecule has 0 bridgehead atoms. The monoisotopic (exact) mass is 284 g/mol. The fourth-order valence-corrected chi connectivity index (χ4v) is 2.89. The molecule has 2 atom stereocenters. The molecular weight excluding hydrogens is 264 g/mol. The zero-order valence-electron chi connectivity index (χ0n) is 12.1. The first kappa shape index (κ1) is 13.9. The van der Waals surface area contributed by atoms with Gasteiger partial charge in [0.05, 0.1) is 13.7 Å². The Balaban J connectivity index is 1.80. The van der Waals surface area contributed by atoms with Crippen LogP contribution in [0.3, 0.4) is 0 Å². The molecule has 0 aromatic heterocycles. The van der Waals surface area contributed by atoms with Crippen molar-refractivity contribution < 1.29 is 9.47 Å². The maximum absolute atomic E-state index is 5.79. The van der Waals surface area contributed by atoms with Crippen molar-refractivity contribution in [2.45, 2.75) is 18.4 Å². The van der Waals surface area contributed by atoms with Gasteiger partial charge in [0.15, 0.2) is 0 Å². The molecule has 2 aromatic carbocycles. The SMILES string of the molecule is COc1cccc(CC(NN)C2COc3ccccc32)c1. The summed E-state index contributed by atoms with van der Waals surface area (Å²) in [7, 11) is 1.68. The number of methoxy groups -OCH3 is 1. The molecule has 1 heterocycles. The lowest BCUT2D eigenvalue weighted by atomic mass is 9.89. The number of nitrogens with two attached hydrogens (primary N) is 1. The predicted molar refractivity (Wildman–Crippen MR) is 82.5 cm³/mol. The van der Waals surface area contributed by atoms with E-state index in [4.69, 9.17) is 15.3 Å². The normalized spacial score (nSPS) is 17.9. The number of ether oxygens (including phenoxy) is 2. The number of fused-ring (bicyclic) bond motifs is 1. The Morgan fingerprint density at radius 2 is 2.14 bits per heavy atom. The van der Waals surface area contributed by atoms with Gasteiger partial charge in [0.1, 0.15) is 11.5 Å². The highest BCUT2D eigenvalue weighted by molar-refractivity contribution is 5.41. The van der Waals surface area contributed by atoms with Crippen LogP contribution >= 0.6 is 0 Å². The van der Waals surface area contributed by atoms with Crippen LogP contribution in [0.1, 0.15) is 17.0 Å². The summed E-state index contributed by atoms with van der Waals surface area (Å²) in [6.45, 7) is 0.665. The summed E-state index contributed by atoms with van der Waals surface area (Å²) in [6.07, 6.45) is 0.829. The van der Waals surface area contributed by atoms with Gasteiger partial charge in [0.25, 0.3) is 0 Å². The third-order valence-corrected chi connectivity index (χ3v) is 4.03. The van der Waals surface area contributed by atoms with E-state index in [-0.39, 0.29) is 12.0 Å². The van der Waals surface area contributed by atoms with Crippen LogP contribution in [0.4, 0.5) is 0 Å². The van der Waals surface area contributed by atoms with E-state index in [9.17, 15) is 0 Å². The van der Waals surface area contributed by atoms with Crippen LogP contribution in [0.5, 0.6) is 11.5 Å². The van der Waals surface area contributed by atoms with E-state index in [1.54, 1.807) is 7.11 Å². The van der Waals surface area contributed by atoms with E-state index in [1.807, 2.05) is 36.4 Å². The third-order valence-electron chi connectivity index (χ3n) is 4.03. The van der Waals surface area contributed by atoms with Gasteiger partial charge in [0, 0.05) is 17.5 Å². The number of para-hydroxylation sites is 1. The molecule has 2 unspecified atom stereocenters. The van der Waals surface area contributed by atoms with Crippen molar-refractivity contribution in [2.24, 2.45) is 5.84 Å². The highest BCUT2D eigenvalue weighted by atomic mass is 16.5. The molecule has 1 aliphatic heterocycles. The van der Waals surface area contributed by atoms with Crippen LogP contribution in [0, 0.1) is 0 Å². The molecule has 0 amide bonds. The van der Waals surface area contributed by atoms with Crippen molar-refractivity contribution in [3.05, 3.63) is 59.7 Å². The summed E-state index contributed by atoms with van der Waals surface area (Å²) < 4.78 is 11.0. The second kappa shape index (κ2) is 6.16. The molecule has 3 N–H and O–H groups in total. The smallest absolute Gasteiger partial charge is 0.122 e. The highest BCUT2D eigenvalue weighted by Gasteiger charge is 2.30. The van der Waals surface area contributed by atoms with Gasteiger partial charge in [-0.25, -0.2) is 0 Å². The molecule has 4 heteroatoms. The lowest BCUT2D eigenvalue weighted by Gasteiger charge is -2.22. The Labute approximate surface area is 124 Å². The summed E-state index contributed by atoms with van der Waals surface area (Å²) in [5, 5.41) is 0. The molecule has 0 radical (unpaired) electrons. The lowest BCUT2D eigenvalue weighted by molar-refractivity contribution is 0.297. The van der Waals surface area contributed by atoms with Crippen molar-refractivity contribution in [1.29, 1.82) is 0 Å². The van der Waals surface area contributed by atoms with E-state index in [1.165, 1.54) is 11.1 Å². The Hall–Kier alpha value is -2.04. The minimum absolute atomic E-state index is 0.126. The maximum Gasteiger partial charge on any atom is 0.122 e. The number of rotatable bonds is 5. The predicted octanol–water partition coefficient (Wildman–Crippen LogP) is 2.25. The van der Waals surface area contributed by atoms with Gasteiger partial charge in [-0.05, 0) is 30.2 Å². The molecular formula is C17H20N2O2. The minimum atomic E-state index is 0.126. The second-order valence-corrected chi connectivity index (χ2v) is 5.28. The quantitative estimate of drug-likeness (QED) is 0.653. The summed E-state index contributed by atoms with van der Waals surface area (Å²) in [4.78, 5) is 0. The van der Waals surface area contributed by atoms with E-state index >= 15 is 0 Å². The number of hydrazine groups is 1. The molecule has 2 aromatic rings. The summed E-state index contributed by atoms with van der Waals surface area (Å²) in [5.41, 5.74) is 5.37. The van der Waals surface area contributed by atoms with Crippen molar-refractivity contribution in [3.63, 3.8) is 0 Å². The van der Waals surface area contributed by atoms with Gasteiger partial charge in [0.2, 0.25) is 0 Å². The molecule has 21 heavy (non-hydrogen) atoms. The molecule has 110 valence electrons. The third kappa shape index (κ3) is 2.86. The van der Waals surface area contributed by atoms with Crippen LogP contribution in [0.15, 0.2) is 48.5 Å². The first-order valence-corrected chi connectivity index (χ1v) is 7.12. The average molecular weight is 284 g/mol. The standard InChI is InChI=1S/C17H20N2O2/c1-20-13-6-4-5-12(9-13)10-16(19-18)15-11-21-17-8-3-2-7-14(15)17/h2-9,15-16,19H,10-11,18H2,1H3. The molecule has 1 aliphatic rings. The van der Waals surface area contributed by atoms with Crippen LogP contribution in [0.2, 0.25) is 0 Å². The zero-order valence-corrected chi connectivity index (χ0v) is 12.1. The van der Waals surface area contributed by atoms with E-state index in [0.717, 1.165) is 17.9 Å². The van der Waals surface area contributed by atoms with Crippen LogP contribution in [-0.2, 0) is 6.42 Å². The molecule has 0 aliphatic carbocycles. The highest BCUT2D eigenvalue weighted by Crippen LogP contribution is 2.36. The lowest BCUT2D eigenvalue weighted by Crippen LogP contribution is -2.42.